The van der Waals surface area contributed by atoms with E-state index in [-0.39, 0.29) is 4.90 Å². The minimum atomic E-state index is -3.43. The molecule has 0 radical (unpaired) electrons. The van der Waals surface area contributed by atoms with Gasteiger partial charge in [0.1, 0.15) is 6.33 Å². The van der Waals surface area contributed by atoms with Crippen molar-refractivity contribution in [3.05, 3.63) is 30.6 Å². The number of aromatic nitrogens is 4. The van der Waals surface area contributed by atoms with E-state index in [2.05, 4.69) is 20.2 Å². The number of hydrogen-bond acceptors (Lipinski definition) is 5. The smallest absolute Gasteiger partial charge is 0.211 e. The third kappa shape index (κ3) is 3.36. The second-order valence-corrected chi connectivity index (χ2v) is 5.77. The number of tetrazole rings is 1. The lowest BCUT2D eigenvalue weighted by atomic mass is 10.3. The maximum Gasteiger partial charge on any atom is 0.240 e. The molecule has 8 heteroatoms. The van der Waals surface area contributed by atoms with Crippen molar-refractivity contribution in [2.75, 3.05) is 6.54 Å². The van der Waals surface area contributed by atoms with Crippen LogP contribution < -0.4 is 4.72 Å². The number of sulfonamides is 1. The molecule has 1 heterocycles. The molecule has 2 rings (SSSR count). The van der Waals surface area contributed by atoms with Crippen molar-refractivity contribution in [2.24, 2.45) is 0 Å². The van der Waals surface area contributed by atoms with Crippen LogP contribution in [0.5, 0.6) is 0 Å². The molecular formula is C11H15N5O2S. The lowest BCUT2D eigenvalue weighted by Gasteiger charge is -2.06. The van der Waals surface area contributed by atoms with Crippen LogP contribution in [0.4, 0.5) is 0 Å². The van der Waals surface area contributed by atoms with E-state index in [1.165, 1.54) is 23.1 Å². The van der Waals surface area contributed by atoms with E-state index in [4.69, 9.17) is 0 Å². The molecule has 0 aliphatic heterocycles. The molecule has 1 N–H and O–H groups in total. The fourth-order valence-corrected chi connectivity index (χ4v) is 2.60. The molecule has 0 unspecified atom stereocenters. The van der Waals surface area contributed by atoms with Gasteiger partial charge in [-0.2, -0.15) is 0 Å². The van der Waals surface area contributed by atoms with Crippen LogP contribution in [0.2, 0.25) is 0 Å². The molecule has 0 saturated heterocycles. The Bertz CT molecular complexity index is 607. The molecule has 0 aliphatic rings. The Labute approximate surface area is 111 Å². The van der Waals surface area contributed by atoms with Crippen LogP contribution in [-0.2, 0) is 10.0 Å². The summed E-state index contributed by atoms with van der Waals surface area (Å²) in [7, 11) is -3.43. The molecule has 1 aromatic carbocycles. The lowest BCUT2D eigenvalue weighted by Crippen LogP contribution is -2.24. The summed E-state index contributed by atoms with van der Waals surface area (Å²) in [6, 6.07) is 6.38. The molecule has 0 fully saturated rings. The van der Waals surface area contributed by atoms with Crippen LogP contribution in [0.3, 0.4) is 0 Å². The number of benzene rings is 1. The van der Waals surface area contributed by atoms with E-state index in [0.29, 0.717) is 12.2 Å². The zero-order valence-electron chi connectivity index (χ0n) is 10.5. The number of rotatable bonds is 6. The van der Waals surface area contributed by atoms with Crippen molar-refractivity contribution in [1.82, 2.24) is 24.9 Å². The fraction of sp³-hybridized carbons (Fsp3) is 0.364. The minimum Gasteiger partial charge on any atom is -0.211 e. The Hall–Kier alpha value is -1.80. The van der Waals surface area contributed by atoms with Crippen molar-refractivity contribution >= 4 is 10.0 Å². The largest absolute Gasteiger partial charge is 0.240 e. The summed E-state index contributed by atoms with van der Waals surface area (Å²) in [5.74, 6) is 0. The third-order valence-electron chi connectivity index (χ3n) is 2.58. The van der Waals surface area contributed by atoms with Gasteiger partial charge in [0.15, 0.2) is 0 Å². The molecule has 102 valence electrons. The van der Waals surface area contributed by atoms with E-state index in [1.807, 2.05) is 6.92 Å². The maximum absolute atomic E-state index is 11.9. The van der Waals surface area contributed by atoms with Gasteiger partial charge in [-0.15, -0.1) is 5.10 Å². The molecule has 1 aromatic heterocycles. The van der Waals surface area contributed by atoms with Gasteiger partial charge in [0.25, 0.3) is 0 Å². The van der Waals surface area contributed by atoms with Crippen LogP contribution in [0.25, 0.3) is 5.69 Å². The summed E-state index contributed by atoms with van der Waals surface area (Å²) in [6.45, 7) is 2.46. The van der Waals surface area contributed by atoms with Crippen molar-refractivity contribution in [2.45, 2.75) is 24.7 Å². The molecule has 0 saturated carbocycles. The van der Waals surface area contributed by atoms with Crippen LogP contribution in [-0.4, -0.2) is 35.2 Å². The van der Waals surface area contributed by atoms with E-state index in [0.717, 1.165) is 12.8 Å². The average molecular weight is 281 g/mol. The molecule has 19 heavy (non-hydrogen) atoms. The van der Waals surface area contributed by atoms with Gasteiger partial charge >= 0.3 is 0 Å². The summed E-state index contributed by atoms with van der Waals surface area (Å²) in [6.07, 6.45) is 3.21. The van der Waals surface area contributed by atoms with E-state index < -0.39 is 10.0 Å². The van der Waals surface area contributed by atoms with E-state index >= 15 is 0 Å². The average Bonchev–Trinajstić information content (AvgIpc) is 2.93. The summed E-state index contributed by atoms with van der Waals surface area (Å²) >= 11 is 0. The first-order valence-electron chi connectivity index (χ1n) is 5.96. The molecular weight excluding hydrogens is 266 g/mol. The fourth-order valence-electron chi connectivity index (χ4n) is 1.52. The summed E-state index contributed by atoms with van der Waals surface area (Å²) in [5.41, 5.74) is 0.706. The summed E-state index contributed by atoms with van der Waals surface area (Å²) in [5, 5.41) is 10.8. The predicted octanol–water partition coefficient (Wildman–Crippen LogP) is 0.741. The quantitative estimate of drug-likeness (QED) is 0.789. The van der Waals surface area contributed by atoms with Crippen molar-refractivity contribution < 1.29 is 8.42 Å². The van der Waals surface area contributed by atoms with Crippen molar-refractivity contribution in [3.8, 4) is 5.69 Å². The Morgan fingerprint density at radius 3 is 2.58 bits per heavy atom. The van der Waals surface area contributed by atoms with E-state index in [9.17, 15) is 8.42 Å². The molecule has 0 atom stereocenters. The normalized spacial score (nSPS) is 11.6. The Balaban J connectivity index is 2.14. The summed E-state index contributed by atoms with van der Waals surface area (Å²) < 4.78 is 27.9. The van der Waals surface area contributed by atoms with Crippen LogP contribution >= 0.6 is 0 Å². The predicted molar refractivity (Wildman–Crippen MR) is 69.3 cm³/mol. The first kappa shape index (κ1) is 13.6. The highest BCUT2D eigenvalue weighted by atomic mass is 32.2. The standard InChI is InChI=1S/C11H15N5O2S/c1-2-3-8-13-19(17,18)11-6-4-10(5-7-11)16-9-12-14-15-16/h4-7,9,13H,2-3,8H2,1H3. The highest BCUT2D eigenvalue weighted by Crippen LogP contribution is 2.12. The first-order valence-corrected chi connectivity index (χ1v) is 7.45. The van der Waals surface area contributed by atoms with Crippen LogP contribution in [0.15, 0.2) is 35.5 Å². The highest BCUT2D eigenvalue weighted by molar-refractivity contribution is 7.89. The highest BCUT2D eigenvalue weighted by Gasteiger charge is 2.12. The molecule has 0 amide bonds. The van der Waals surface area contributed by atoms with Gasteiger partial charge in [-0.05, 0) is 41.1 Å². The molecule has 7 nitrogen and oxygen atoms in total. The van der Waals surface area contributed by atoms with Gasteiger partial charge in [-0.3, -0.25) is 0 Å². The summed E-state index contributed by atoms with van der Waals surface area (Å²) in [4.78, 5) is 0.237. The third-order valence-corrected chi connectivity index (χ3v) is 4.06. The second-order valence-electron chi connectivity index (χ2n) is 4.00. The Morgan fingerprint density at radius 1 is 1.26 bits per heavy atom. The Morgan fingerprint density at radius 2 is 2.00 bits per heavy atom. The van der Waals surface area contributed by atoms with Gasteiger partial charge in [0, 0.05) is 6.54 Å². The second kappa shape index (κ2) is 5.89. The zero-order valence-corrected chi connectivity index (χ0v) is 11.3. The SMILES string of the molecule is CCCCNS(=O)(=O)c1ccc(-n2cnnn2)cc1. The van der Waals surface area contributed by atoms with E-state index in [1.54, 1.807) is 12.1 Å². The van der Waals surface area contributed by atoms with Crippen molar-refractivity contribution in [1.29, 1.82) is 0 Å². The maximum atomic E-state index is 11.9. The Kier molecular flexibility index (Phi) is 4.23. The molecule has 0 bridgehead atoms. The van der Waals surface area contributed by atoms with Gasteiger partial charge in [-0.25, -0.2) is 17.8 Å². The lowest BCUT2D eigenvalue weighted by molar-refractivity contribution is 0.578. The van der Waals surface area contributed by atoms with Gasteiger partial charge in [-0.1, -0.05) is 13.3 Å². The van der Waals surface area contributed by atoms with Crippen molar-refractivity contribution in [3.63, 3.8) is 0 Å². The van der Waals surface area contributed by atoms with Gasteiger partial charge in [0.2, 0.25) is 10.0 Å². The first-order chi connectivity index (χ1) is 9.13. The van der Waals surface area contributed by atoms with Crippen LogP contribution in [0, 0.1) is 0 Å². The molecule has 0 aliphatic carbocycles. The van der Waals surface area contributed by atoms with Crippen LogP contribution in [0.1, 0.15) is 19.8 Å². The number of unbranched alkanes of at least 4 members (excludes halogenated alkanes) is 1. The molecule has 2 aromatic rings. The van der Waals surface area contributed by atoms with Gasteiger partial charge in [0.05, 0.1) is 10.6 Å². The van der Waals surface area contributed by atoms with Gasteiger partial charge < -0.3 is 0 Å². The number of hydrogen-bond donors (Lipinski definition) is 1. The monoisotopic (exact) mass is 281 g/mol. The zero-order chi connectivity index (χ0) is 13.7. The topological polar surface area (TPSA) is 89.8 Å². The molecule has 0 spiro atoms. The number of nitrogens with zero attached hydrogens (tertiary/aromatic N) is 4. The number of nitrogens with one attached hydrogen (secondary N) is 1. The minimum absolute atomic E-state index is 0.237.